The zero-order valence-corrected chi connectivity index (χ0v) is 19.0. The number of hydrogen-bond donors (Lipinski definition) is 0. The van der Waals surface area contributed by atoms with Crippen LogP contribution in [0.5, 0.6) is 11.5 Å². The Balaban J connectivity index is 1.59. The van der Waals surface area contributed by atoms with Gasteiger partial charge in [0.25, 0.3) is 5.91 Å². The van der Waals surface area contributed by atoms with Gasteiger partial charge in [0.1, 0.15) is 0 Å². The van der Waals surface area contributed by atoms with Crippen LogP contribution in [0.2, 0.25) is 0 Å². The second-order valence-electron chi connectivity index (χ2n) is 7.50. The fraction of sp³-hybridized carbons (Fsp3) is 0.364. The molecule has 0 N–H and O–H groups in total. The quantitative estimate of drug-likeness (QED) is 0.655. The zero-order valence-electron chi connectivity index (χ0n) is 17.4. The van der Waals surface area contributed by atoms with Crippen molar-refractivity contribution in [1.29, 1.82) is 0 Å². The van der Waals surface area contributed by atoms with Crippen LogP contribution in [0.3, 0.4) is 0 Å². The van der Waals surface area contributed by atoms with Crippen molar-refractivity contribution in [3.05, 3.63) is 59.7 Å². The summed E-state index contributed by atoms with van der Waals surface area (Å²) >= 11 is 1.39. The molecule has 1 amide bonds. The van der Waals surface area contributed by atoms with Crippen LogP contribution in [0.25, 0.3) is 0 Å². The standard InChI is InChI=1S/C22H24N2O5S2/c1-28-18-9-8-16(12-19(18)29-2)21(25)23-22-24(11-10-15-6-4-3-5-7-15)17-13-31(26,27)14-20(17)30-22/h3-9,12,17,20H,10-11,13-14H2,1-2H3. The van der Waals surface area contributed by atoms with Gasteiger partial charge in [-0.25, -0.2) is 8.42 Å². The number of ether oxygens (including phenoxy) is 2. The van der Waals surface area contributed by atoms with Gasteiger partial charge in [-0.1, -0.05) is 42.1 Å². The maximum atomic E-state index is 12.9. The molecule has 164 valence electrons. The number of amidine groups is 1. The maximum Gasteiger partial charge on any atom is 0.279 e. The van der Waals surface area contributed by atoms with E-state index >= 15 is 0 Å². The molecule has 4 rings (SSSR count). The molecular formula is C22H24N2O5S2. The van der Waals surface area contributed by atoms with E-state index in [1.54, 1.807) is 18.2 Å². The van der Waals surface area contributed by atoms with Gasteiger partial charge in [0, 0.05) is 17.4 Å². The van der Waals surface area contributed by atoms with E-state index in [0.29, 0.717) is 28.8 Å². The molecule has 7 nitrogen and oxygen atoms in total. The van der Waals surface area contributed by atoms with Gasteiger partial charge in [-0.2, -0.15) is 4.99 Å². The Labute approximate surface area is 186 Å². The Morgan fingerprint density at radius 2 is 1.84 bits per heavy atom. The fourth-order valence-corrected chi connectivity index (χ4v) is 7.89. The lowest BCUT2D eigenvalue weighted by Crippen LogP contribution is -2.39. The van der Waals surface area contributed by atoms with Crippen molar-refractivity contribution in [3.63, 3.8) is 0 Å². The number of benzene rings is 2. The molecule has 0 radical (unpaired) electrons. The van der Waals surface area contributed by atoms with Gasteiger partial charge in [0.2, 0.25) is 0 Å². The highest BCUT2D eigenvalue weighted by Crippen LogP contribution is 2.38. The molecule has 2 unspecified atom stereocenters. The van der Waals surface area contributed by atoms with Crippen molar-refractivity contribution in [2.24, 2.45) is 4.99 Å². The van der Waals surface area contributed by atoms with Gasteiger partial charge in [-0.3, -0.25) is 4.79 Å². The summed E-state index contributed by atoms with van der Waals surface area (Å²) < 4.78 is 34.9. The molecule has 0 aromatic heterocycles. The highest BCUT2D eigenvalue weighted by atomic mass is 32.2. The first-order valence-electron chi connectivity index (χ1n) is 9.93. The SMILES string of the molecule is COc1ccc(C(=O)N=C2SC3CS(=O)(=O)CC3N2CCc2ccccc2)cc1OC. The summed E-state index contributed by atoms with van der Waals surface area (Å²) in [6, 6.07) is 14.8. The molecule has 2 aromatic carbocycles. The van der Waals surface area contributed by atoms with Crippen LogP contribution in [0, 0.1) is 0 Å². The number of amides is 1. The molecule has 2 aliphatic heterocycles. The molecule has 0 spiro atoms. The van der Waals surface area contributed by atoms with E-state index in [0.717, 1.165) is 12.0 Å². The van der Waals surface area contributed by atoms with Gasteiger partial charge >= 0.3 is 0 Å². The summed E-state index contributed by atoms with van der Waals surface area (Å²) in [6.07, 6.45) is 0.744. The fourth-order valence-electron chi connectivity index (χ4n) is 3.91. The lowest BCUT2D eigenvalue weighted by molar-refractivity contribution is 0.100. The highest BCUT2D eigenvalue weighted by Gasteiger charge is 2.48. The van der Waals surface area contributed by atoms with Gasteiger partial charge < -0.3 is 14.4 Å². The van der Waals surface area contributed by atoms with Crippen molar-refractivity contribution in [1.82, 2.24) is 4.90 Å². The Kier molecular flexibility index (Phi) is 6.24. The Hall–Kier alpha value is -2.52. The highest BCUT2D eigenvalue weighted by molar-refractivity contribution is 8.15. The summed E-state index contributed by atoms with van der Waals surface area (Å²) in [4.78, 5) is 19.3. The van der Waals surface area contributed by atoms with E-state index < -0.39 is 15.7 Å². The Morgan fingerprint density at radius 3 is 2.55 bits per heavy atom. The lowest BCUT2D eigenvalue weighted by Gasteiger charge is -2.24. The summed E-state index contributed by atoms with van der Waals surface area (Å²) in [5, 5.41) is 0.485. The van der Waals surface area contributed by atoms with E-state index in [1.165, 1.54) is 26.0 Å². The minimum absolute atomic E-state index is 0.0993. The summed E-state index contributed by atoms with van der Waals surface area (Å²) in [5.74, 6) is 0.815. The van der Waals surface area contributed by atoms with Crippen molar-refractivity contribution in [3.8, 4) is 11.5 Å². The van der Waals surface area contributed by atoms with E-state index in [9.17, 15) is 13.2 Å². The average molecular weight is 461 g/mol. The average Bonchev–Trinajstić information content (AvgIpc) is 3.23. The predicted octanol–water partition coefficient (Wildman–Crippen LogP) is 2.66. The number of carbonyl (C=O) groups is 1. The monoisotopic (exact) mass is 460 g/mol. The predicted molar refractivity (Wildman–Crippen MR) is 122 cm³/mol. The summed E-state index contributed by atoms with van der Waals surface area (Å²) in [7, 11) is -0.0294. The third-order valence-electron chi connectivity index (χ3n) is 5.49. The first-order chi connectivity index (χ1) is 14.9. The van der Waals surface area contributed by atoms with Crippen LogP contribution in [0.4, 0.5) is 0 Å². The number of nitrogens with zero attached hydrogens (tertiary/aromatic N) is 2. The normalized spacial score (nSPS) is 23.0. The largest absolute Gasteiger partial charge is 0.493 e. The van der Waals surface area contributed by atoms with Crippen molar-refractivity contribution in [2.75, 3.05) is 32.3 Å². The van der Waals surface area contributed by atoms with E-state index in [4.69, 9.17) is 9.47 Å². The third-order valence-corrected chi connectivity index (χ3v) is 8.73. The Morgan fingerprint density at radius 1 is 1.10 bits per heavy atom. The van der Waals surface area contributed by atoms with Crippen molar-refractivity contribution < 1.29 is 22.7 Å². The van der Waals surface area contributed by atoms with Gasteiger partial charge in [0.05, 0.1) is 31.8 Å². The molecule has 0 saturated carbocycles. The van der Waals surface area contributed by atoms with Gasteiger partial charge in [-0.15, -0.1) is 0 Å². The van der Waals surface area contributed by atoms with Crippen LogP contribution < -0.4 is 9.47 Å². The van der Waals surface area contributed by atoms with E-state index in [1.807, 2.05) is 35.2 Å². The molecule has 2 saturated heterocycles. The maximum absolute atomic E-state index is 12.9. The molecule has 2 fully saturated rings. The number of rotatable bonds is 6. The van der Waals surface area contributed by atoms with Crippen LogP contribution in [0.15, 0.2) is 53.5 Å². The molecule has 2 aromatic rings. The third kappa shape index (κ3) is 4.72. The van der Waals surface area contributed by atoms with Crippen molar-refractivity contribution in [2.45, 2.75) is 17.7 Å². The van der Waals surface area contributed by atoms with E-state index in [-0.39, 0.29) is 22.8 Å². The minimum atomic E-state index is -3.07. The number of hydrogen-bond acceptors (Lipinski definition) is 6. The lowest BCUT2D eigenvalue weighted by atomic mass is 10.1. The molecule has 2 atom stereocenters. The number of thioether (sulfide) groups is 1. The van der Waals surface area contributed by atoms with Crippen LogP contribution in [0.1, 0.15) is 15.9 Å². The number of sulfone groups is 1. The number of aliphatic imine (C=N–C) groups is 1. The number of carbonyl (C=O) groups excluding carboxylic acids is 1. The molecule has 2 heterocycles. The first kappa shape index (κ1) is 21.7. The van der Waals surface area contributed by atoms with Gasteiger partial charge in [-0.05, 0) is 30.2 Å². The van der Waals surface area contributed by atoms with Crippen molar-refractivity contribution >= 4 is 32.7 Å². The first-order valence-corrected chi connectivity index (χ1v) is 12.6. The Bertz CT molecular complexity index is 1100. The smallest absolute Gasteiger partial charge is 0.279 e. The van der Waals surface area contributed by atoms with Gasteiger partial charge in [0.15, 0.2) is 26.5 Å². The topological polar surface area (TPSA) is 85.3 Å². The zero-order chi connectivity index (χ0) is 22.0. The summed E-state index contributed by atoms with van der Waals surface area (Å²) in [6.45, 7) is 0.603. The second-order valence-corrected chi connectivity index (χ2v) is 10.9. The minimum Gasteiger partial charge on any atom is -0.493 e. The summed E-state index contributed by atoms with van der Waals surface area (Å²) in [5.41, 5.74) is 1.54. The van der Waals surface area contributed by atoms with Crippen LogP contribution >= 0.6 is 11.8 Å². The molecule has 31 heavy (non-hydrogen) atoms. The van der Waals surface area contributed by atoms with Crippen LogP contribution in [-0.4, -0.2) is 68.0 Å². The second kappa shape index (κ2) is 8.92. The van der Waals surface area contributed by atoms with E-state index in [2.05, 4.69) is 4.99 Å². The molecule has 0 aliphatic carbocycles. The number of methoxy groups -OCH3 is 2. The number of fused-ring (bicyclic) bond motifs is 1. The molecule has 9 heteroatoms. The molecule has 0 bridgehead atoms. The molecular weight excluding hydrogens is 436 g/mol. The van der Waals surface area contributed by atoms with Crippen LogP contribution in [-0.2, 0) is 16.3 Å². The molecule has 2 aliphatic rings.